The highest BCUT2D eigenvalue weighted by atomic mass is 35.5. The van der Waals surface area contributed by atoms with Crippen molar-refractivity contribution >= 4 is 44.3 Å². The number of benzene rings is 2. The summed E-state index contributed by atoms with van der Waals surface area (Å²) in [7, 11) is 0. The van der Waals surface area contributed by atoms with E-state index in [1.165, 1.54) is 0 Å². The van der Waals surface area contributed by atoms with Crippen molar-refractivity contribution in [3.63, 3.8) is 0 Å². The smallest absolute Gasteiger partial charge is 0.272 e. The molecule has 0 aliphatic carbocycles. The van der Waals surface area contributed by atoms with Gasteiger partial charge in [0.15, 0.2) is 0 Å². The van der Waals surface area contributed by atoms with Gasteiger partial charge in [-0.1, -0.05) is 35.9 Å². The average molecular weight is 269 g/mol. The van der Waals surface area contributed by atoms with Gasteiger partial charge in [0.05, 0.1) is 5.52 Å². The van der Waals surface area contributed by atoms with E-state index < -0.39 is 0 Å². The number of nitrogens with one attached hydrogen (secondary N) is 2. The summed E-state index contributed by atoms with van der Waals surface area (Å²) < 4.78 is 0. The van der Waals surface area contributed by atoms with Gasteiger partial charge in [-0.2, -0.15) is 0 Å². The second-order valence-electron chi connectivity index (χ2n) is 4.56. The van der Waals surface area contributed by atoms with Crippen molar-refractivity contribution in [3.8, 4) is 0 Å². The lowest BCUT2D eigenvalue weighted by atomic mass is 10.1. The Morgan fingerprint density at radius 2 is 1.68 bits per heavy atom. The molecule has 0 bridgehead atoms. The quantitative estimate of drug-likeness (QED) is 0.500. The molecule has 0 saturated heterocycles. The van der Waals surface area contributed by atoms with Gasteiger partial charge in [-0.3, -0.25) is 4.79 Å². The molecule has 0 aliphatic rings. The Morgan fingerprint density at radius 3 is 2.58 bits per heavy atom. The van der Waals surface area contributed by atoms with E-state index in [2.05, 4.69) is 9.97 Å². The third kappa shape index (κ3) is 1.42. The van der Waals surface area contributed by atoms with Gasteiger partial charge in [0.1, 0.15) is 5.52 Å². The van der Waals surface area contributed by atoms with Crippen LogP contribution in [0.15, 0.2) is 47.3 Å². The van der Waals surface area contributed by atoms with Gasteiger partial charge in [0.2, 0.25) is 0 Å². The van der Waals surface area contributed by atoms with Crippen LogP contribution in [0, 0.1) is 0 Å². The number of para-hydroxylation sites is 1. The molecule has 19 heavy (non-hydrogen) atoms. The molecular formula is C15H9ClN2O. The first-order chi connectivity index (χ1) is 9.24. The predicted molar refractivity (Wildman–Crippen MR) is 78.9 cm³/mol. The lowest BCUT2D eigenvalue weighted by Gasteiger charge is -2.01. The van der Waals surface area contributed by atoms with Crippen molar-refractivity contribution < 1.29 is 0 Å². The average Bonchev–Trinajstić information content (AvgIpc) is 2.79. The molecule has 0 spiro atoms. The monoisotopic (exact) mass is 268 g/mol. The van der Waals surface area contributed by atoms with Gasteiger partial charge in [-0.15, -0.1) is 0 Å². The van der Waals surface area contributed by atoms with Crippen LogP contribution >= 0.6 is 11.6 Å². The van der Waals surface area contributed by atoms with Crippen molar-refractivity contribution in [2.24, 2.45) is 0 Å². The highest BCUT2D eigenvalue weighted by Gasteiger charge is 2.11. The van der Waals surface area contributed by atoms with Crippen molar-refractivity contribution in [1.82, 2.24) is 9.97 Å². The molecular weight excluding hydrogens is 260 g/mol. The summed E-state index contributed by atoms with van der Waals surface area (Å²) in [4.78, 5) is 18.2. The SMILES string of the molecule is O=c1[nH]c2cc(Cl)ccc2c2c1[nH]c1ccccc12. The van der Waals surface area contributed by atoms with Gasteiger partial charge in [-0.25, -0.2) is 0 Å². The number of H-pyrrole nitrogens is 2. The Hall–Kier alpha value is -2.26. The zero-order valence-electron chi connectivity index (χ0n) is 9.83. The van der Waals surface area contributed by atoms with Gasteiger partial charge in [-0.05, 0) is 18.2 Å². The molecule has 92 valence electrons. The fourth-order valence-electron chi connectivity index (χ4n) is 2.61. The third-order valence-electron chi connectivity index (χ3n) is 3.43. The summed E-state index contributed by atoms with van der Waals surface area (Å²) in [5.74, 6) is 0. The molecule has 2 N–H and O–H groups in total. The second kappa shape index (κ2) is 3.62. The Kier molecular flexibility index (Phi) is 2.03. The van der Waals surface area contributed by atoms with Crippen LogP contribution in [0.4, 0.5) is 0 Å². The zero-order chi connectivity index (χ0) is 13.0. The Bertz CT molecular complexity index is 997. The second-order valence-corrected chi connectivity index (χ2v) is 5.00. The first-order valence-corrected chi connectivity index (χ1v) is 6.34. The molecule has 0 unspecified atom stereocenters. The van der Waals surface area contributed by atoms with Crippen molar-refractivity contribution in [1.29, 1.82) is 0 Å². The Morgan fingerprint density at radius 1 is 0.895 bits per heavy atom. The predicted octanol–water partition coefficient (Wildman–Crippen LogP) is 3.82. The largest absolute Gasteiger partial charge is 0.350 e. The summed E-state index contributed by atoms with van der Waals surface area (Å²) in [5.41, 5.74) is 2.21. The first kappa shape index (κ1) is 10.6. The molecule has 4 heteroatoms. The van der Waals surface area contributed by atoms with E-state index in [0.717, 1.165) is 27.2 Å². The van der Waals surface area contributed by atoms with E-state index in [0.29, 0.717) is 10.5 Å². The lowest BCUT2D eigenvalue weighted by molar-refractivity contribution is 1.32. The van der Waals surface area contributed by atoms with Crippen LogP contribution < -0.4 is 5.56 Å². The molecule has 0 amide bonds. The van der Waals surface area contributed by atoms with Crippen LogP contribution in [0.2, 0.25) is 5.02 Å². The zero-order valence-corrected chi connectivity index (χ0v) is 10.6. The van der Waals surface area contributed by atoms with Crippen molar-refractivity contribution in [3.05, 3.63) is 57.8 Å². The number of aromatic nitrogens is 2. The number of halogens is 1. The minimum atomic E-state index is -0.124. The Balaban J connectivity index is 2.40. The highest BCUT2D eigenvalue weighted by molar-refractivity contribution is 6.31. The number of fused-ring (bicyclic) bond motifs is 5. The fraction of sp³-hybridized carbons (Fsp3) is 0. The van der Waals surface area contributed by atoms with Crippen molar-refractivity contribution in [2.45, 2.75) is 0 Å². The molecule has 0 fully saturated rings. The highest BCUT2D eigenvalue weighted by Crippen LogP contribution is 2.30. The number of pyridine rings is 1. The van der Waals surface area contributed by atoms with E-state index in [4.69, 9.17) is 11.6 Å². The number of aromatic amines is 2. The van der Waals surface area contributed by atoms with E-state index in [1.54, 1.807) is 6.07 Å². The molecule has 2 aromatic carbocycles. The summed E-state index contributed by atoms with van der Waals surface area (Å²) in [6, 6.07) is 13.5. The number of hydrogen-bond donors (Lipinski definition) is 2. The fourth-order valence-corrected chi connectivity index (χ4v) is 2.79. The standard InChI is InChI=1S/C15H9ClN2O/c16-8-5-6-10-12(7-8)18-15(19)14-13(10)9-3-1-2-4-11(9)17-14/h1-7,17H,(H,18,19). The van der Waals surface area contributed by atoms with E-state index in [1.807, 2.05) is 36.4 Å². The number of hydrogen-bond acceptors (Lipinski definition) is 1. The molecule has 0 radical (unpaired) electrons. The van der Waals surface area contributed by atoms with E-state index in [9.17, 15) is 4.79 Å². The van der Waals surface area contributed by atoms with Crippen LogP contribution in [0.3, 0.4) is 0 Å². The maximum Gasteiger partial charge on any atom is 0.272 e. The van der Waals surface area contributed by atoms with Gasteiger partial charge in [0, 0.05) is 26.7 Å². The maximum absolute atomic E-state index is 12.1. The molecule has 2 aromatic heterocycles. The van der Waals surface area contributed by atoms with Crippen LogP contribution in [0.5, 0.6) is 0 Å². The molecule has 0 atom stereocenters. The van der Waals surface area contributed by atoms with Gasteiger partial charge >= 0.3 is 0 Å². The summed E-state index contributed by atoms with van der Waals surface area (Å²) in [6.07, 6.45) is 0. The van der Waals surface area contributed by atoms with Gasteiger partial charge in [0.25, 0.3) is 5.56 Å². The number of rotatable bonds is 0. The summed E-state index contributed by atoms with van der Waals surface area (Å²) in [6.45, 7) is 0. The molecule has 0 aliphatic heterocycles. The molecule has 4 aromatic rings. The topological polar surface area (TPSA) is 48.6 Å². The van der Waals surface area contributed by atoms with E-state index in [-0.39, 0.29) is 5.56 Å². The minimum Gasteiger partial charge on any atom is -0.350 e. The van der Waals surface area contributed by atoms with Crippen LogP contribution in [-0.2, 0) is 0 Å². The summed E-state index contributed by atoms with van der Waals surface area (Å²) in [5, 5.41) is 3.61. The molecule has 4 rings (SSSR count). The van der Waals surface area contributed by atoms with Crippen LogP contribution in [0.1, 0.15) is 0 Å². The molecule has 0 saturated carbocycles. The first-order valence-electron chi connectivity index (χ1n) is 5.96. The lowest BCUT2D eigenvalue weighted by Crippen LogP contribution is -2.05. The molecule has 3 nitrogen and oxygen atoms in total. The molecule has 2 heterocycles. The van der Waals surface area contributed by atoms with Crippen LogP contribution in [0.25, 0.3) is 32.7 Å². The Labute approximate surface area is 112 Å². The van der Waals surface area contributed by atoms with Gasteiger partial charge < -0.3 is 9.97 Å². The summed E-state index contributed by atoms with van der Waals surface area (Å²) >= 11 is 5.98. The third-order valence-corrected chi connectivity index (χ3v) is 3.67. The van der Waals surface area contributed by atoms with E-state index >= 15 is 0 Å². The minimum absolute atomic E-state index is 0.124. The van der Waals surface area contributed by atoms with Crippen molar-refractivity contribution in [2.75, 3.05) is 0 Å². The normalized spacial score (nSPS) is 11.6. The maximum atomic E-state index is 12.1. The van der Waals surface area contributed by atoms with Crippen LogP contribution in [-0.4, -0.2) is 9.97 Å².